The van der Waals surface area contributed by atoms with Gasteiger partial charge in [0.25, 0.3) is 0 Å². The van der Waals surface area contributed by atoms with Crippen LogP contribution in [0.1, 0.15) is 34.1 Å². The maximum atomic E-state index is 12.1. The molecule has 0 saturated carbocycles. The van der Waals surface area contributed by atoms with Crippen LogP contribution in [0, 0.1) is 0 Å². The summed E-state index contributed by atoms with van der Waals surface area (Å²) in [6.45, 7) is 14.6. The maximum Gasteiger partial charge on any atom is 0.407 e. The van der Waals surface area contributed by atoms with Gasteiger partial charge >= 0.3 is 6.09 Å². The Balaban J connectivity index is 1.40. The van der Waals surface area contributed by atoms with E-state index in [0.717, 1.165) is 58.2 Å². The van der Waals surface area contributed by atoms with Crippen LogP contribution in [0.5, 0.6) is 0 Å². The largest absolute Gasteiger partial charge is 0.444 e. The van der Waals surface area contributed by atoms with Crippen molar-refractivity contribution >= 4 is 17.7 Å². The molecular formula is C24H40N6O2. The summed E-state index contributed by atoms with van der Waals surface area (Å²) in [5.74, 6) is 0.897. The van der Waals surface area contributed by atoms with E-state index in [-0.39, 0.29) is 12.1 Å². The van der Waals surface area contributed by atoms with E-state index in [1.54, 1.807) is 0 Å². The molecule has 8 nitrogen and oxygen atoms in total. The van der Waals surface area contributed by atoms with Gasteiger partial charge in [-0.15, -0.1) is 0 Å². The molecule has 0 radical (unpaired) electrons. The number of hydrogen-bond donors (Lipinski definition) is 2. The van der Waals surface area contributed by atoms with Gasteiger partial charge < -0.3 is 25.2 Å². The van der Waals surface area contributed by atoms with Gasteiger partial charge in [-0.2, -0.15) is 0 Å². The first-order valence-electron chi connectivity index (χ1n) is 11.7. The molecule has 0 aromatic heterocycles. The highest BCUT2D eigenvalue weighted by Crippen LogP contribution is 2.17. The van der Waals surface area contributed by atoms with Crippen LogP contribution in [0.15, 0.2) is 35.3 Å². The molecule has 2 N–H and O–H groups in total. The predicted octanol–water partition coefficient (Wildman–Crippen LogP) is 2.37. The molecule has 2 aliphatic rings. The zero-order valence-electron chi connectivity index (χ0n) is 20.3. The summed E-state index contributed by atoms with van der Waals surface area (Å²) >= 11 is 0. The highest BCUT2D eigenvalue weighted by molar-refractivity contribution is 5.80. The third-order valence-corrected chi connectivity index (χ3v) is 6.03. The number of rotatable bonds is 5. The second-order valence-electron chi connectivity index (χ2n) is 9.71. The molecule has 2 saturated heterocycles. The summed E-state index contributed by atoms with van der Waals surface area (Å²) in [5, 5.41) is 6.52. The fourth-order valence-electron chi connectivity index (χ4n) is 4.30. The summed E-state index contributed by atoms with van der Waals surface area (Å²) in [6.07, 6.45) is 0.535. The Hall–Kier alpha value is -2.48. The summed E-state index contributed by atoms with van der Waals surface area (Å²) in [7, 11) is 1.82. The predicted molar refractivity (Wildman–Crippen MR) is 130 cm³/mol. The molecule has 2 heterocycles. The SMILES string of the molecule is CN=C(NCC(C)N1CCN(c2ccccc2)CC1)N1CCC(NC(=O)OC(C)(C)C)C1. The van der Waals surface area contributed by atoms with E-state index in [2.05, 4.69) is 67.6 Å². The lowest BCUT2D eigenvalue weighted by molar-refractivity contribution is 0.0507. The second kappa shape index (κ2) is 10.9. The zero-order valence-corrected chi connectivity index (χ0v) is 20.3. The Bertz CT molecular complexity index is 756. The van der Waals surface area contributed by atoms with E-state index in [4.69, 9.17) is 4.74 Å². The van der Waals surface area contributed by atoms with E-state index in [1.165, 1.54) is 5.69 Å². The van der Waals surface area contributed by atoms with E-state index >= 15 is 0 Å². The monoisotopic (exact) mass is 444 g/mol. The number of ether oxygens (including phenoxy) is 1. The molecular weight excluding hydrogens is 404 g/mol. The zero-order chi connectivity index (χ0) is 23.1. The third kappa shape index (κ3) is 7.02. The highest BCUT2D eigenvalue weighted by atomic mass is 16.6. The number of carbonyl (C=O) groups is 1. The number of aliphatic imine (C=N–C) groups is 1. The Morgan fingerprint density at radius 3 is 2.47 bits per heavy atom. The van der Waals surface area contributed by atoms with Crippen LogP contribution in [0.3, 0.4) is 0 Å². The molecule has 8 heteroatoms. The number of guanidine groups is 1. The van der Waals surface area contributed by atoms with Crippen molar-refractivity contribution in [3.63, 3.8) is 0 Å². The number of alkyl carbamates (subject to hydrolysis) is 1. The minimum atomic E-state index is -0.483. The molecule has 2 unspecified atom stereocenters. The van der Waals surface area contributed by atoms with Crippen LogP contribution in [-0.2, 0) is 4.74 Å². The van der Waals surface area contributed by atoms with Crippen molar-refractivity contribution in [1.29, 1.82) is 0 Å². The van der Waals surface area contributed by atoms with Crippen molar-refractivity contribution in [2.45, 2.75) is 51.8 Å². The summed E-state index contributed by atoms with van der Waals surface area (Å²) in [5.41, 5.74) is 0.824. The molecule has 2 aliphatic heterocycles. The topological polar surface area (TPSA) is 72.4 Å². The van der Waals surface area contributed by atoms with Crippen molar-refractivity contribution in [2.75, 3.05) is 57.8 Å². The number of nitrogens with one attached hydrogen (secondary N) is 2. The minimum Gasteiger partial charge on any atom is -0.444 e. The number of amides is 1. The van der Waals surface area contributed by atoms with Gasteiger partial charge in [-0.25, -0.2) is 4.79 Å². The Morgan fingerprint density at radius 2 is 1.84 bits per heavy atom. The second-order valence-corrected chi connectivity index (χ2v) is 9.71. The molecule has 32 heavy (non-hydrogen) atoms. The highest BCUT2D eigenvalue weighted by Gasteiger charge is 2.28. The first-order chi connectivity index (χ1) is 15.2. The molecule has 0 spiro atoms. The van der Waals surface area contributed by atoms with Gasteiger partial charge in [0.15, 0.2) is 5.96 Å². The van der Waals surface area contributed by atoms with Crippen molar-refractivity contribution in [2.24, 2.45) is 4.99 Å². The lowest BCUT2D eigenvalue weighted by Crippen LogP contribution is -2.53. The fraction of sp³-hybridized carbons (Fsp3) is 0.667. The average molecular weight is 445 g/mol. The van der Waals surface area contributed by atoms with Gasteiger partial charge in [0.2, 0.25) is 0 Å². The Labute approximate surface area is 193 Å². The summed E-state index contributed by atoms with van der Waals surface area (Å²) in [4.78, 5) is 23.7. The normalized spacial score (nSPS) is 21.4. The molecule has 1 aromatic carbocycles. The number of anilines is 1. The number of likely N-dealkylation sites (tertiary alicyclic amines) is 1. The van der Waals surface area contributed by atoms with Crippen LogP contribution in [0.4, 0.5) is 10.5 Å². The first-order valence-corrected chi connectivity index (χ1v) is 11.7. The molecule has 3 rings (SSSR count). The van der Waals surface area contributed by atoms with Gasteiger partial charge in [0.05, 0.1) is 6.04 Å². The number of carbonyl (C=O) groups excluding carboxylic acids is 1. The number of hydrogen-bond acceptors (Lipinski definition) is 5. The number of benzene rings is 1. The van der Waals surface area contributed by atoms with Gasteiger partial charge in [-0.1, -0.05) is 18.2 Å². The van der Waals surface area contributed by atoms with Crippen molar-refractivity contribution < 1.29 is 9.53 Å². The van der Waals surface area contributed by atoms with E-state index in [1.807, 2.05) is 27.8 Å². The van der Waals surface area contributed by atoms with Crippen LogP contribution in [-0.4, -0.2) is 92.4 Å². The van der Waals surface area contributed by atoms with Crippen LogP contribution >= 0.6 is 0 Å². The van der Waals surface area contributed by atoms with E-state index in [9.17, 15) is 4.79 Å². The molecule has 2 atom stereocenters. The number of nitrogens with zero attached hydrogens (tertiary/aromatic N) is 4. The van der Waals surface area contributed by atoms with Crippen molar-refractivity contribution in [3.05, 3.63) is 30.3 Å². The van der Waals surface area contributed by atoms with Gasteiger partial charge in [-0.3, -0.25) is 9.89 Å². The van der Waals surface area contributed by atoms with E-state index in [0.29, 0.717) is 6.04 Å². The lowest BCUT2D eigenvalue weighted by atomic mass is 10.2. The smallest absolute Gasteiger partial charge is 0.407 e. The number of piperazine rings is 1. The molecule has 1 aromatic rings. The Morgan fingerprint density at radius 1 is 1.16 bits per heavy atom. The average Bonchev–Trinajstić information content (AvgIpc) is 3.21. The minimum absolute atomic E-state index is 0.0758. The van der Waals surface area contributed by atoms with Gasteiger partial charge in [-0.05, 0) is 46.2 Å². The first kappa shape index (κ1) is 24.2. The number of para-hydroxylation sites is 1. The Kier molecular flexibility index (Phi) is 8.23. The molecule has 2 fully saturated rings. The van der Waals surface area contributed by atoms with Crippen LogP contribution < -0.4 is 15.5 Å². The van der Waals surface area contributed by atoms with Gasteiger partial charge in [0, 0.05) is 64.6 Å². The molecule has 178 valence electrons. The van der Waals surface area contributed by atoms with Crippen LogP contribution in [0.25, 0.3) is 0 Å². The van der Waals surface area contributed by atoms with Crippen molar-refractivity contribution in [3.8, 4) is 0 Å². The molecule has 1 amide bonds. The standard InChI is InChI=1S/C24H40N6O2/c1-19(28-13-15-29(16-14-28)21-9-7-6-8-10-21)17-26-22(25-5)30-12-11-20(18-30)27-23(31)32-24(2,3)4/h6-10,19-20H,11-18H2,1-5H3,(H,25,26)(H,27,31). The maximum absolute atomic E-state index is 12.1. The van der Waals surface area contributed by atoms with E-state index < -0.39 is 5.60 Å². The summed E-state index contributed by atoms with van der Waals surface area (Å²) < 4.78 is 5.38. The lowest BCUT2D eigenvalue weighted by Gasteiger charge is -2.39. The van der Waals surface area contributed by atoms with Crippen molar-refractivity contribution in [1.82, 2.24) is 20.4 Å². The molecule has 0 bridgehead atoms. The quantitative estimate of drug-likeness (QED) is 0.537. The fourth-order valence-corrected chi connectivity index (χ4v) is 4.30. The third-order valence-electron chi connectivity index (χ3n) is 6.03. The van der Waals surface area contributed by atoms with Gasteiger partial charge in [0.1, 0.15) is 5.60 Å². The molecule has 0 aliphatic carbocycles. The summed E-state index contributed by atoms with van der Waals surface area (Å²) in [6, 6.07) is 11.1. The van der Waals surface area contributed by atoms with Crippen LogP contribution in [0.2, 0.25) is 0 Å².